The largest absolute Gasteiger partial charge is 0.317 e. The lowest BCUT2D eigenvalue weighted by atomic mass is 10.0. The van der Waals surface area contributed by atoms with Crippen molar-refractivity contribution in [2.75, 3.05) is 45.8 Å². The van der Waals surface area contributed by atoms with Crippen molar-refractivity contribution in [1.29, 1.82) is 0 Å². The van der Waals surface area contributed by atoms with Gasteiger partial charge in [-0.05, 0) is 37.2 Å². The SMILES string of the molecule is CCNCCc1ccccc1CN1CCN(CC)CC1. The van der Waals surface area contributed by atoms with Crippen LogP contribution >= 0.6 is 0 Å². The summed E-state index contributed by atoms with van der Waals surface area (Å²) in [5.41, 5.74) is 3.02. The number of hydrogen-bond acceptors (Lipinski definition) is 3. The van der Waals surface area contributed by atoms with Gasteiger partial charge in [0.05, 0.1) is 0 Å². The van der Waals surface area contributed by atoms with Crippen molar-refractivity contribution in [3.05, 3.63) is 35.4 Å². The quantitative estimate of drug-likeness (QED) is 0.768. The Hall–Kier alpha value is -0.900. The van der Waals surface area contributed by atoms with E-state index in [2.05, 4.69) is 53.2 Å². The van der Waals surface area contributed by atoms with Crippen molar-refractivity contribution < 1.29 is 0 Å². The third kappa shape index (κ3) is 4.58. The van der Waals surface area contributed by atoms with E-state index in [4.69, 9.17) is 0 Å². The summed E-state index contributed by atoms with van der Waals surface area (Å²) in [6.45, 7) is 13.7. The van der Waals surface area contributed by atoms with E-state index in [1.165, 1.54) is 43.9 Å². The van der Waals surface area contributed by atoms with Crippen molar-refractivity contribution in [3.8, 4) is 0 Å². The summed E-state index contributed by atoms with van der Waals surface area (Å²) in [7, 11) is 0. The summed E-state index contributed by atoms with van der Waals surface area (Å²) in [6, 6.07) is 8.93. The number of hydrogen-bond donors (Lipinski definition) is 1. The van der Waals surface area contributed by atoms with Gasteiger partial charge in [0.1, 0.15) is 0 Å². The third-order valence-electron chi connectivity index (χ3n) is 4.25. The summed E-state index contributed by atoms with van der Waals surface area (Å²) in [5, 5.41) is 3.42. The monoisotopic (exact) mass is 275 g/mol. The van der Waals surface area contributed by atoms with E-state index in [9.17, 15) is 0 Å². The first-order valence-corrected chi connectivity index (χ1v) is 8.05. The second-order valence-corrected chi connectivity index (χ2v) is 5.58. The van der Waals surface area contributed by atoms with Gasteiger partial charge in [0, 0.05) is 32.7 Å². The number of nitrogens with one attached hydrogen (secondary N) is 1. The zero-order valence-electron chi connectivity index (χ0n) is 13.1. The van der Waals surface area contributed by atoms with Gasteiger partial charge in [0.25, 0.3) is 0 Å². The van der Waals surface area contributed by atoms with Gasteiger partial charge >= 0.3 is 0 Å². The smallest absolute Gasteiger partial charge is 0.0237 e. The molecule has 0 spiro atoms. The first-order chi connectivity index (χ1) is 9.83. The van der Waals surface area contributed by atoms with Gasteiger partial charge in [-0.3, -0.25) is 4.90 Å². The maximum atomic E-state index is 3.42. The van der Waals surface area contributed by atoms with E-state index in [0.717, 1.165) is 26.1 Å². The van der Waals surface area contributed by atoms with Gasteiger partial charge in [-0.25, -0.2) is 0 Å². The first-order valence-electron chi connectivity index (χ1n) is 8.05. The van der Waals surface area contributed by atoms with Crippen LogP contribution in [0.3, 0.4) is 0 Å². The molecule has 2 rings (SSSR count). The number of rotatable bonds is 7. The Morgan fingerprint density at radius 3 is 2.25 bits per heavy atom. The van der Waals surface area contributed by atoms with Crippen LogP contribution in [0.2, 0.25) is 0 Å². The van der Waals surface area contributed by atoms with Gasteiger partial charge < -0.3 is 10.2 Å². The fourth-order valence-electron chi connectivity index (χ4n) is 2.86. The second kappa shape index (κ2) is 8.40. The third-order valence-corrected chi connectivity index (χ3v) is 4.25. The Morgan fingerprint density at radius 1 is 0.950 bits per heavy atom. The average Bonchev–Trinajstić information content (AvgIpc) is 2.50. The van der Waals surface area contributed by atoms with Crippen LogP contribution in [0.4, 0.5) is 0 Å². The highest BCUT2D eigenvalue weighted by atomic mass is 15.3. The van der Waals surface area contributed by atoms with E-state index in [-0.39, 0.29) is 0 Å². The molecule has 20 heavy (non-hydrogen) atoms. The average molecular weight is 275 g/mol. The van der Waals surface area contributed by atoms with Crippen LogP contribution in [0.25, 0.3) is 0 Å². The van der Waals surface area contributed by atoms with Gasteiger partial charge in [0.2, 0.25) is 0 Å². The Kier molecular flexibility index (Phi) is 6.51. The normalized spacial score (nSPS) is 17.5. The molecular formula is C17H29N3. The molecule has 1 aromatic rings. The molecule has 0 saturated carbocycles. The van der Waals surface area contributed by atoms with Crippen molar-refractivity contribution in [2.24, 2.45) is 0 Å². The van der Waals surface area contributed by atoms with E-state index < -0.39 is 0 Å². The van der Waals surface area contributed by atoms with E-state index >= 15 is 0 Å². The Labute approximate surface area is 124 Å². The molecule has 1 aliphatic rings. The number of benzene rings is 1. The lowest BCUT2D eigenvalue weighted by molar-refractivity contribution is 0.131. The molecule has 1 N–H and O–H groups in total. The molecule has 0 aromatic heterocycles. The maximum Gasteiger partial charge on any atom is 0.0237 e. The summed E-state index contributed by atoms with van der Waals surface area (Å²) in [5.74, 6) is 0. The van der Waals surface area contributed by atoms with Crippen LogP contribution in [0.15, 0.2) is 24.3 Å². The minimum absolute atomic E-state index is 1.06. The zero-order chi connectivity index (χ0) is 14.2. The fourth-order valence-corrected chi connectivity index (χ4v) is 2.86. The predicted octanol–water partition coefficient (Wildman–Crippen LogP) is 1.98. The minimum Gasteiger partial charge on any atom is -0.317 e. The van der Waals surface area contributed by atoms with Crippen molar-refractivity contribution in [3.63, 3.8) is 0 Å². The highest BCUT2D eigenvalue weighted by molar-refractivity contribution is 5.27. The molecule has 0 atom stereocenters. The Bertz CT molecular complexity index is 384. The lowest BCUT2D eigenvalue weighted by Crippen LogP contribution is -2.45. The molecule has 3 heteroatoms. The fraction of sp³-hybridized carbons (Fsp3) is 0.647. The summed E-state index contributed by atoms with van der Waals surface area (Å²) >= 11 is 0. The van der Waals surface area contributed by atoms with Crippen LogP contribution < -0.4 is 5.32 Å². The molecule has 1 heterocycles. The minimum atomic E-state index is 1.06. The molecule has 3 nitrogen and oxygen atoms in total. The van der Waals surface area contributed by atoms with Gasteiger partial charge in [-0.1, -0.05) is 38.1 Å². The summed E-state index contributed by atoms with van der Waals surface area (Å²) in [6.07, 6.45) is 1.14. The summed E-state index contributed by atoms with van der Waals surface area (Å²) in [4.78, 5) is 5.13. The lowest BCUT2D eigenvalue weighted by Gasteiger charge is -2.34. The molecule has 112 valence electrons. The molecular weight excluding hydrogens is 246 g/mol. The highest BCUT2D eigenvalue weighted by Gasteiger charge is 2.16. The molecule has 0 bridgehead atoms. The van der Waals surface area contributed by atoms with Gasteiger partial charge in [-0.15, -0.1) is 0 Å². The maximum absolute atomic E-state index is 3.42. The number of piperazine rings is 1. The molecule has 0 unspecified atom stereocenters. The van der Waals surface area contributed by atoms with Gasteiger partial charge in [0.15, 0.2) is 0 Å². The van der Waals surface area contributed by atoms with Crippen LogP contribution in [0.5, 0.6) is 0 Å². The highest BCUT2D eigenvalue weighted by Crippen LogP contribution is 2.14. The zero-order valence-corrected chi connectivity index (χ0v) is 13.1. The van der Waals surface area contributed by atoms with Crippen molar-refractivity contribution >= 4 is 0 Å². The Morgan fingerprint density at radius 2 is 1.60 bits per heavy atom. The standard InChI is InChI=1S/C17H29N3/c1-3-18-10-9-16-7-5-6-8-17(16)15-20-13-11-19(4-2)12-14-20/h5-8,18H,3-4,9-15H2,1-2H3. The number of likely N-dealkylation sites (N-methyl/N-ethyl adjacent to an activating group) is 2. The van der Waals surface area contributed by atoms with Crippen LogP contribution in [0.1, 0.15) is 25.0 Å². The van der Waals surface area contributed by atoms with E-state index in [1.54, 1.807) is 0 Å². The van der Waals surface area contributed by atoms with Crippen LogP contribution in [-0.2, 0) is 13.0 Å². The molecule has 0 radical (unpaired) electrons. The molecule has 1 aliphatic heterocycles. The molecule has 1 aromatic carbocycles. The van der Waals surface area contributed by atoms with E-state index in [0.29, 0.717) is 0 Å². The predicted molar refractivity (Wildman–Crippen MR) is 86.1 cm³/mol. The summed E-state index contributed by atoms with van der Waals surface area (Å²) < 4.78 is 0. The molecule has 1 fully saturated rings. The second-order valence-electron chi connectivity index (χ2n) is 5.58. The molecule has 1 saturated heterocycles. The van der Waals surface area contributed by atoms with Crippen LogP contribution in [-0.4, -0.2) is 55.6 Å². The topological polar surface area (TPSA) is 18.5 Å². The van der Waals surface area contributed by atoms with Crippen molar-refractivity contribution in [1.82, 2.24) is 15.1 Å². The number of nitrogens with zero attached hydrogens (tertiary/aromatic N) is 2. The Balaban J connectivity index is 1.88. The van der Waals surface area contributed by atoms with Gasteiger partial charge in [-0.2, -0.15) is 0 Å². The van der Waals surface area contributed by atoms with E-state index in [1.807, 2.05) is 0 Å². The van der Waals surface area contributed by atoms with Crippen LogP contribution in [0, 0.1) is 0 Å². The molecule has 0 amide bonds. The first kappa shape index (κ1) is 15.5. The van der Waals surface area contributed by atoms with Crippen molar-refractivity contribution in [2.45, 2.75) is 26.8 Å². The molecule has 0 aliphatic carbocycles.